The number of hydrogen-bond acceptors (Lipinski definition) is 4. The van der Waals surface area contributed by atoms with E-state index < -0.39 is 35.2 Å². The number of benzene rings is 2. The molecular formula is C28H20F6O2S2. The third-order valence-electron chi connectivity index (χ3n) is 6.96. The molecule has 10 heteroatoms. The van der Waals surface area contributed by atoms with E-state index in [-0.39, 0.29) is 26.3 Å². The lowest BCUT2D eigenvalue weighted by Crippen LogP contribution is -2.48. The Labute approximate surface area is 222 Å². The molecule has 1 aliphatic heterocycles. The molecule has 3 heterocycles. The fourth-order valence-electron chi connectivity index (χ4n) is 5.12. The van der Waals surface area contributed by atoms with Crippen molar-refractivity contribution in [2.45, 2.75) is 37.9 Å². The summed E-state index contributed by atoms with van der Waals surface area (Å²) in [5.41, 5.74) is -1.78. The molecular weight excluding hydrogens is 546 g/mol. The van der Waals surface area contributed by atoms with Crippen LogP contribution in [0.2, 0.25) is 0 Å². The van der Waals surface area contributed by atoms with E-state index in [1.165, 1.54) is 26.0 Å². The summed E-state index contributed by atoms with van der Waals surface area (Å²) in [6.45, 7) is 3.91. The molecule has 2 aliphatic rings. The van der Waals surface area contributed by atoms with Gasteiger partial charge in [-0.05, 0) is 37.1 Å². The Hall–Kier alpha value is -2.66. The number of halogens is 6. The number of thiophene rings is 2. The van der Waals surface area contributed by atoms with Gasteiger partial charge in [-0.25, -0.2) is 0 Å². The summed E-state index contributed by atoms with van der Waals surface area (Å²) in [5.74, 6) is -15.8. The Morgan fingerprint density at radius 1 is 0.763 bits per heavy atom. The maximum atomic E-state index is 15.5. The number of alkyl halides is 6. The highest BCUT2D eigenvalue weighted by molar-refractivity contribution is 7.19. The van der Waals surface area contributed by atoms with Gasteiger partial charge in [0.2, 0.25) is 0 Å². The second kappa shape index (κ2) is 8.67. The molecule has 1 fully saturated rings. The number of rotatable bonds is 4. The Kier molecular flexibility index (Phi) is 5.85. The van der Waals surface area contributed by atoms with Crippen LogP contribution in [0.4, 0.5) is 26.3 Å². The molecule has 0 radical (unpaired) electrons. The first-order valence-electron chi connectivity index (χ1n) is 11.8. The van der Waals surface area contributed by atoms with Crippen LogP contribution >= 0.6 is 22.7 Å². The van der Waals surface area contributed by atoms with Crippen molar-refractivity contribution in [1.82, 2.24) is 0 Å². The van der Waals surface area contributed by atoms with Crippen molar-refractivity contribution in [2.24, 2.45) is 0 Å². The van der Waals surface area contributed by atoms with Crippen LogP contribution in [0.25, 0.3) is 31.7 Å². The number of hydrogen-bond donors (Lipinski definition) is 0. The fourth-order valence-corrected chi connectivity index (χ4v) is 7.22. The fraction of sp³-hybridized carbons (Fsp3) is 0.286. The standard InChI is InChI=1S/C28H20F6O2S2/c1-14-19(13-21(37-14)16-7-9-17(10-8-16)25-35-11-12-36-25)23-24(27(31,32)28(33,34)26(23,29)30)22-15(2)38-20-6-4-3-5-18(20)22/h3-10,13,25H,11-12H2,1-2H3. The normalized spacial score (nSPS) is 20.6. The molecule has 6 rings (SSSR count). The second-order valence-corrected chi connectivity index (χ2v) is 11.8. The van der Waals surface area contributed by atoms with E-state index in [1.807, 2.05) is 0 Å². The molecule has 0 bridgehead atoms. The van der Waals surface area contributed by atoms with Crippen LogP contribution in [0.5, 0.6) is 0 Å². The average Bonchev–Trinajstić information content (AvgIpc) is 3.62. The number of aryl methyl sites for hydroxylation is 2. The van der Waals surface area contributed by atoms with Crippen LogP contribution in [0.15, 0.2) is 54.6 Å². The summed E-state index contributed by atoms with van der Waals surface area (Å²) >= 11 is 2.19. The molecule has 0 atom stereocenters. The van der Waals surface area contributed by atoms with Crippen molar-refractivity contribution in [3.63, 3.8) is 0 Å². The monoisotopic (exact) mass is 566 g/mol. The average molecular weight is 567 g/mol. The van der Waals surface area contributed by atoms with Gasteiger partial charge in [0.1, 0.15) is 0 Å². The van der Waals surface area contributed by atoms with E-state index in [1.54, 1.807) is 42.5 Å². The Morgan fingerprint density at radius 3 is 2.08 bits per heavy atom. The molecule has 0 saturated carbocycles. The van der Waals surface area contributed by atoms with Crippen LogP contribution in [0.3, 0.4) is 0 Å². The largest absolute Gasteiger partial charge is 0.380 e. The zero-order valence-electron chi connectivity index (χ0n) is 20.1. The first kappa shape index (κ1) is 25.6. The minimum Gasteiger partial charge on any atom is -0.346 e. The summed E-state index contributed by atoms with van der Waals surface area (Å²) in [7, 11) is 0. The lowest BCUT2D eigenvalue weighted by Gasteiger charge is -2.25. The SMILES string of the molecule is Cc1sc(-c2ccc(C3OCCO3)cc2)cc1C1=C(c2c(C)sc3ccccc23)C(F)(F)C(F)(F)C1(F)F. The highest BCUT2D eigenvalue weighted by atomic mass is 32.1. The molecule has 1 aliphatic carbocycles. The smallest absolute Gasteiger partial charge is 0.346 e. The molecule has 198 valence electrons. The number of fused-ring (bicyclic) bond motifs is 1. The second-order valence-electron chi connectivity index (χ2n) is 9.28. The van der Waals surface area contributed by atoms with Gasteiger partial charge in [0.25, 0.3) is 0 Å². The highest BCUT2D eigenvalue weighted by Gasteiger charge is 2.80. The zero-order valence-corrected chi connectivity index (χ0v) is 21.7. The van der Waals surface area contributed by atoms with Gasteiger partial charge in [-0.1, -0.05) is 42.5 Å². The third-order valence-corrected chi connectivity index (χ3v) is 9.15. The van der Waals surface area contributed by atoms with Crippen molar-refractivity contribution in [1.29, 1.82) is 0 Å². The van der Waals surface area contributed by atoms with E-state index in [0.29, 0.717) is 28.4 Å². The predicted molar refractivity (Wildman–Crippen MR) is 137 cm³/mol. The van der Waals surface area contributed by atoms with Crippen LogP contribution in [0.1, 0.15) is 32.7 Å². The van der Waals surface area contributed by atoms with Crippen LogP contribution < -0.4 is 0 Å². The van der Waals surface area contributed by atoms with Crippen molar-refractivity contribution in [2.75, 3.05) is 13.2 Å². The van der Waals surface area contributed by atoms with E-state index in [9.17, 15) is 8.78 Å². The van der Waals surface area contributed by atoms with Gasteiger partial charge in [-0.3, -0.25) is 0 Å². The topological polar surface area (TPSA) is 18.5 Å². The molecule has 0 unspecified atom stereocenters. The molecule has 0 N–H and O–H groups in total. The first-order valence-corrected chi connectivity index (χ1v) is 13.4. The van der Waals surface area contributed by atoms with Gasteiger partial charge in [-0.15, -0.1) is 22.7 Å². The van der Waals surface area contributed by atoms with E-state index in [2.05, 4.69) is 0 Å². The van der Waals surface area contributed by atoms with Crippen molar-refractivity contribution >= 4 is 43.9 Å². The molecule has 2 aromatic heterocycles. The highest BCUT2D eigenvalue weighted by Crippen LogP contribution is 2.66. The lowest BCUT2D eigenvalue weighted by molar-refractivity contribution is -0.254. The van der Waals surface area contributed by atoms with Gasteiger partial charge in [0.05, 0.1) is 13.2 Å². The zero-order chi connectivity index (χ0) is 27.0. The van der Waals surface area contributed by atoms with Gasteiger partial charge < -0.3 is 9.47 Å². The van der Waals surface area contributed by atoms with Crippen molar-refractivity contribution in [3.8, 4) is 10.4 Å². The van der Waals surface area contributed by atoms with Crippen LogP contribution in [0, 0.1) is 13.8 Å². The molecule has 1 saturated heterocycles. The van der Waals surface area contributed by atoms with Crippen LogP contribution in [-0.2, 0) is 9.47 Å². The maximum absolute atomic E-state index is 15.5. The van der Waals surface area contributed by atoms with Crippen molar-refractivity contribution < 1.29 is 35.8 Å². The number of ether oxygens (including phenoxy) is 2. The summed E-state index contributed by atoms with van der Waals surface area (Å²) in [6, 6.07) is 14.7. The molecule has 0 amide bonds. The van der Waals surface area contributed by atoms with Gasteiger partial charge in [-0.2, -0.15) is 26.3 Å². The quantitative estimate of drug-likeness (QED) is 0.229. The summed E-state index contributed by atoms with van der Waals surface area (Å²) in [6.07, 6.45) is -0.497. The molecule has 4 aromatic rings. The third kappa shape index (κ3) is 3.53. The van der Waals surface area contributed by atoms with Crippen LogP contribution in [-0.4, -0.2) is 31.0 Å². The molecule has 2 nitrogen and oxygen atoms in total. The lowest BCUT2D eigenvalue weighted by atomic mass is 9.93. The van der Waals surface area contributed by atoms with E-state index in [0.717, 1.165) is 28.2 Å². The summed E-state index contributed by atoms with van der Waals surface area (Å²) < 4.78 is 103. The minimum atomic E-state index is -5.60. The Balaban J connectivity index is 1.55. The number of allylic oxidation sites excluding steroid dienone is 2. The summed E-state index contributed by atoms with van der Waals surface area (Å²) in [4.78, 5) is 1.00. The summed E-state index contributed by atoms with van der Waals surface area (Å²) in [5, 5.41) is 0.246. The maximum Gasteiger partial charge on any atom is 0.380 e. The van der Waals surface area contributed by atoms with Gasteiger partial charge >= 0.3 is 17.8 Å². The van der Waals surface area contributed by atoms with E-state index in [4.69, 9.17) is 9.47 Å². The molecule has 38 heavy (non-hydrogen) atoms. The predicted octanol–water partition coefficient (Wildman–Crippen LogP) is 9.12. The Morgan fingerprint density at radius 2 is 1.39 bits per heavy atom. The van der Waals surface area contributed by atoms with Crippen molar-refractivity contribution in [3.05, 3.63) is 81.0 Å². The van der Waals surface area contributed by atoms with E-state index >= 15 is 17.6 Å². The molecule has 0 spiro atoms. The molecule has 2 aromatic carbocycles. The first-order chi connectivity index (χ1) is 17.9. The Bertz CT molecular complexity index is 1580. The minimum absolute atomic E-state index is 0.240. The van der Waals surface area contributed by atoms with Gasteiger partial charge in [0, 0.05) is 47.0 Å². The van der Waals surface area contributed by atoms with Gasteiger partial charge in [0.15, 0.2) is 6.29 Å².